The molecule has 17 heavy (non-hydrogen) atoms. The molecule has 1 aliphatic rings. The lowest BCUT2D eigenvalue weighted by atomic mass is 9.89. The first-order valence-electron chi connectivity index (χ1n) is 6.17. The van der Waals surface area contributed by atoms with Crippen molar-refractivity contribution in [2.75, 3.05) is 0 Å². The summed E-state index contributed by atoms with van der Waals surface area (Å²) in [6.07, 6.45) is 1.13. The van der Waals surface area contributed by atoms with Gasteiger partial charge in [0.25, 0.3) is 0 Å². The van der Waals surface area contributed by atoms with Crippen LogP contribution in [-0.4, -0.2) is 22.3 Å². The third-order valence-electron chi connectivity index (χ3n) is 3.62. The van der Waals surface area contributed by atoms with Crippen molar-refractivity contribution >= 4 is 11.6 Å². The fourth-order valence-electron chi connectivity index (χ4n) is 2.38. The van der Waals surface area contributed by atoms with E-state index < -0.39 is 0 Å². The van der Waals surface area contributed by atoms with Gasteiger partial charge in [-0.3, -0.25) is 0 Å². The molecule has 1 fully saturated rings. The summed E-state index contributed by atoms with van der Waals surface area (Å²) >= 11 is 6.10. The maximum atomic E-state index is 6.10. The normalized spacial score (nSPS) is 35.1. The van der Waals surface area contributed by atoms with E-state index in [1.54, 1.807) is 0 Å². The molecule has 0 amide bonds. The second kappa shape index (κ2) is 4.94. The first kappa shape index (κ1) is 12.8. The Bertz CT molecular complexity index is 382. The Morgan fingerprint density at radius 1 is 1.29 bits per heavy atom. The van der Waals surface area contributed by atoms with Gasteiger partial charge in [-0.2, -0.15) is 4.98 Å². The number of rotatable bonds is 3. The summed E-state index contributed by atoms with van der Waals surface area (Å²) in [4.78, 5) is 4.41. The zero-order valence-corrected chi connectivity index (χ0v) is 11.4. The van der Waals surface area contributed by atoms with E-state index in [4.69, 9.17) is 20.9 Å². The molecule has 0 spiro atoms. The topological polar surface area (TPSA) is 48.2 Å². The summed E-state index contributed by atoms with van der Waals surface area (Å²) in [5.74, 6) is 1.80. The minimum absolute atomic E-state index is 0.115. The number of aromatic nitrogens is 2. The van der Waals surface area contributed by atoms with E-state index in [1.807, 2.05) is 13.8 Å². The van der Waals surface area contributed by atoms with E-state index in [2.05, 4.69) is 24.0 Å². The quantitative estimate of drug-likeness (QED) is 0.781. The fraction of sp³-hybridized carbons (Fsp3) is 0.833. The second-order valence-electron chi connectivity index (χ2n) is 4.80. The molecule has 1 aromatic rings. The van der Waals surface area contributed by atoms with Crippen molar-refractivity contribution in [2.24, 2.45) is 5.92 Å². The van der Waals surface area contributed by atoms with Gasteiger partial charge in [0.2, 0.25) is 5.89 Å². The van der Waals surface area contributed by atoms with Gasteiger partial charge in [-0.1, -0.05) is 19.0 Å². The van der Waals surface area contributed by atoms with E-state index in [1.165, 1.54) is 0 Å². The van der Waals surface area contributed by atoms with Gasteiger partial charge in [0.05, 0.1) is 23.5 Å². The van der Waals surface area contributed by atoms with Gasteiger partial charge in [-0.05, 0) is 26.2 Å². The first-order valence-corrected chi connectivity index (χ1v) is 6.61. The molecule has 0 aromatic carbocycles. The van der Waals surface area contributed by atoms with Crippen LogP contribution in [-0.2, 0) is 4.74 Å². The molecule has 1 saturated heterocycles. The monoisotopic (exact) mass is 258 g/mol. The van der Waals surface area contributed by atoms with Gasteiger partial charge < -0.3 is 9.26 Å². The standard InChI is InChI=1S/C12H19ClN2O2/c1-5-9(13)11-14-12(17-15-11)10-6(2)7(3)16-8(10)4/h6-10H,5H2,1-4H3. The van der Waals surface area contributed by atoms with Gasteiger partial charge in [-0.15, -0.1) is 11.6 Å². The molecule has 96 valence electrons. The minimum atomic E-state index is -0.169. The number of hydrogen-bond acceptors (Lipinski definition) is 4. The van der Waals surface area contributed by atoms with Crippen LogP contribution in [0.25, 0.3) is 0 Å². The predicted octanol–water partition coefficient (Wildman–Crippen LogP) is 3.29. The van der Waals surface area contributed by atoms with Gasteiger partial charge in [0.15, 0.2) is 5.82 Å². The van der Waals surface area contributed by atoms with Crippen LogP contribution < -0.4 is 0 Å². The lowest BCUT2D eigenvalue weighted by molar-refractivity contribution is 0.0542. The Morgan fingerprint density at radius 2 is 2.00 bits per heavy atom. The maximum Gasteiger partial charge on any atom is 0.232 e. The zero-order valence-electron chi connectivity index (χ0n) is 10.7. The smallest absolute Gasteiger partial charge is 0.232 e. The Morgan fingerprint density at radius 3 is 2.53 bits per heavy atom. The fourth-order valence-corrected chi connectivity index (χ4v) is 2.47. The average Bonchev–Trinajstić information content (AvgIpc) is 2.85. The lowest BCUT2D eigenvalue weighted by Crippen LogP contribution is -2.15. The summed E-state index contributed by atoms with van der Waals surface area (Å²) in [5.41, 5.74) is 0. The van der Waals surface area contributed by atoms with Crippen molar-refractivity contribution in [3.63, 3.8) is 0 Å². The van der Waals surface area contributed by atoms with Gasteiger partial charge >= 0.3 is 0 Å². The lowest BCUT2D eigenvalue weighted by Gasteiger charge is -2.12. The molecule has 0 aliphatic carbocycles. The number of hydrogen-bond donors (Lipinski definition) is 0. The van der Waals surface area contributed by atoms with Crippen LogP contribution in [0.1, 0.15) is 57.1 Å². The average molecular weight is 259 g/mol. The van der Waals surface area contributed by atoms with E-state index in [0.29, 0.717) is 17.6 Å². The molecule has 4 nitrogen and oxygen atoms in total. The first-order chi connectivity index (χ1) is 8.04. The summed E-state index contributed by atoms with van der Waals surface area (Å²) in [6.45, 7) is 8.28. The molecule has 5 heteroatoms. The van der Waals surface area contributed by atoms with Crippen molar-refractivity contribution in [3.05, 3.63) is 11.7 Å². The SMILES string of the molecule is CCC(Cl)c1noc(C2C(C)OC(C)C2C)n1. The van der Waals surface area contributed by atoms with Gasteiger partial charge in [-0.25, -0.2) is 0 Å². The van der Waals surface area contributed by atoms with Crippen molar-refractivity contribution in [2.45, 2.75) is 57.6 Å². The molecular weight excluding hydrogens is 240 g/mol. The molecule has 2 heterocycles. The van der Waals surface area contributed by atoms with Crippen molar-refractivity contribution in [1.29, 1.82) is 0 Å². The molecule has 1 aromatic heterocycles. The van der Waals surface area contributed by atoms with E-state index in [0.717, 1.165) is 6.42 Å². The van der Waals surface area contributed by atoms with Crippen molar-refractivity contribution in [1.82, 2.24) is 10.1 Å². The molecular formula is C12H19ClN2O2. The Labute approximate surface area is 107 Å². The molecule has 2 rings (SSSR count). The third-order valence-corrected chi connectivity index (χ3v) is 4.13. The number of halogens is 1. The van der Waals surface area contributed by atoms with Crippen LogP contribution in [0.5, 0.6) is 0 Å². The van der Waals surface area contributed by atoms with E-state index >= 15 is 0 Å². The van der Waals surface area contributed by atoms with Crippen LogP contribution in [0.2, 0.25) is 0 Å². The highest BCUT2D eigenvalue weighted by molar-refractivity contribution is 6.20. The van der Waals surface area contributed by atoms with Crippen LogP contribution in [0.3, 0.4) is 0 Å². The highest BCUT2D eigenvalue weighted by Crippen LogP contribution is 2.39. The predicted molar refractivity (Wildman–Crippen MR) is 65.1 cm³/mol. The molecule has 0 bridgehead atoms. The molecule has 0 saturated carbocycles. The van der Waals surface area contributed by atoms with Crippen LogP contribution in [0, 0.1) is 5.92 Å². The summed E-state index contributed by atoms with van der Waals surface area (Å²) in [7, 11) is 0. The minimum Gasteiger partial charge on any atom is -0.374 e. The summed E-state index contributed by atoms with van der Waals surface area (Å²) in [5, 5.41) is 3.78. The van der Waals surface area contributed by atoms with Crippen LogP contribution in [0.4, 0.5) is 0 Å². The Hall–Kier alpha value is -0.610. The number of nitrogens with zero attached hydrogens (tertiary/aromatic N) is 2. The Balaban J connectivity index is 2.20. The molecule has 5 atom stereocenters. The van der Waals surface area contributed by atoms with Crippen LogP contribution in [0.15, 0.2) is 4.52 Å². The Kier molecular flexibility index (Phi) is 3.73. The highest BCUT2D eigenvalue weighted by Gasteiger charge is 2.41. The van der Waals surface area contributed by atoms with Gasteiger partial charge in [0.1, 0.15) is 0 Å². The molecule has 0 N–H and O–H groups in total. The molecule has 5 unspecified atom stereocenters. The largest absolute Gasteiger partial charge is 0.374 e. The zero-order chi connectivity index (χ0) is 12.6. The van der Waals surface area contributed by atoms with Crippen molar-refractivity contribution < 1.29 is 9.26 Å². The van der Waals surface area contributed by atoms with E-state index in [9.17, 15) is 0 Å². The molecule has 0 radical (unpaired) electrons. The second-order valence-corrected chi connectivity index (χ2v) is 5.32. The summed E-state index contributed by atoms with van der Waals surface area (Å²) < 4.78 is 11.1. The maximum absolute atomic E-state index is 6.10. The number of ether oxygens (including phenoxy) is 1. The molecule has 1 aliphatic heterocycles. The summed E-state index contributed by atoms with van der Waals surface area (Å²) in [6, 6.07) is 0. The third kappa shape index (κ3) is 2.33. The van der Waals surface area contributed by atoms with E-state index in [-0.39, 0.29) is 23.5 Å². The van der Waals surface area contributed by atoms with Crippen molar-refractivity contribution in [3.8, 4) is 0 Å². The van der Waals surface area contributed by atoms with Crippen LogP contribution >= 0.6 is 11.6 Å². The highest BCUT2D eigenvalue weighted by atomic mass is 35.5. The number of alkyl halides is 1. The van der Waals surface area contributed by atoms with Gasteiger partial charge in [0, 0.05) is 0 Å².